The second-order valence-electron chi connectivity index (χ2n) is 6.80. The molecule has 0 radical (unpaired) electrons. The van der Waals surface area contributed by atoms with Gasteiger partial charge in [-0.05, 0) is 45.7 Å². The van der Waals surface area contributed by atoms with Crippen LogP contribution >= 0.6 is 0 Å². The maximum Gasteiger partial charge on any atom is 0.163 e. The number of rotatable bonds is 2. The van der Waals surface area contributed by atoms with Crippen molar-refractivity contribution in [3.8, 4) is 11.4 Å². The van der Waals surface area contributed by atoms with E-state index in [2.05, 4.69) is 84.3 Å². The summed E-state index contributed by atoms with van der Waals surface area (Å²) in [7, 11) is 0. The van der Waals surface area contributed by atoms with Gasteiger partial charge in [-0.1, -0.05) is 71.3 Å². The van der Waals surface area contributed by atoms with E-state index >= 15 is 0 Å². The summed E-state index contributed by atoms with van der Waals surface area (Å²) in [5.74, 6) is 1.49. The normalized spacial score (nSPS) is 12.8. The molecular weight excluding hydrogens is 330 g/mol. The zero-order chi connectivity index (χ0) is 19.1. The summed E-state index contributed by atoms with van der Waals surface area (Å²) in [6.45, 7) is 6.26. The minimum atomic E-state index is 0.738. The lowest BCUT2D eigenvalue weighted by Crippen LogP contribution is -1.99. The highest BCUT2D eigenvalue weighted by Gasteiger charge is 2.08. The van der Waals surface area contributed by atoms with E-state index in [9.17, 15) is 0 Å². The fourth-order valence-electron chi connectivity index (χ4n) is 2.99. The second kappa shape index (κ2) is 9.04. The molecule has 1 aliphatic rings. The van der Waals surface area contributed by atoms with Crippen molar-refractivity contribution in [2.45, 2.75) is 33.6 Å². The monoisotopic (exact) mass is 355 g/mol. The molecule has 0 fully saturated rings. The molecule has 4 rings (SSSR count). The van der Waals surface area contributed by atoms with Gasteiger partial charge < -0.3 is 0 Å². The number of aryl methyl sites for hydroxylation is 3. The maximum absolute atomic E-state index is 4.61. The van der Waals surface area contributed by atoms with Crippen molar-refractivity contribution in [3.63, 3.8) is 0 Å². The standard InChI is InChI=1S/C17H17N3.C7H8/c1-12-8-13(2)10-15(9-12)17-19-11-18-16(20-17)14-6-4-3-5-7-14;1-7-5-3-2-4-6-7/h4,6-11H,3,5H2,1-2H3;2-6H,1H3. The molecule has 3 nitrogen and oxygen atoms in total. The first-order chi connectivity index (χ1) is 13.1. The summed E-state index contributed by atoms with van der Waals surface area (Å²) in [6, 6.07) is 16.6. The molecule has 0 saturated carbocycles. The van der Waals surface area contributed by atoms with Crippen LogP contribution in [0.3, 0.4) is 0 Å². The van der Waals surface area contributed by atoms with Gasteiger partial charge >= 0.3 is 0 Å². The van der Waals surface area contributed by atoms with Crippen molar-refractivity contribution in [1.82, 2.24) is 15.0 Å². The van der Waals surface area contributed by atoms with Crippen molar-refractivity contribution in [1.29, 1.82) is 0 Å². The molecule has 27 heavy (non-hydrogen) atoms. The van der Waals surface area contributed by atoms with Crippen molar-refractivity contribution in [2.75, 3.05) is 0 Å². The number of nitrogens with zero attached hydrogens (tertiary/aromatic N) is 3. The highest BCUT2D eigenvalue weighted by atomic mass is 15.0. The molecule has 3 heteroatoms. The Morgan fingerprint density at radius 2 is 1.44 bits per heavy atom. The van der Waals surface area contributed by atoms with Crippen LogP contribution in [0.15, 0.2) is 73.1 Å². The quantitative estimate of drug-likeness (QED) is 0.576. The summed E-state index contributed by atoms with van der Waals surface area (Å²) in [5, 5.41) is 0. The Kier molecular flexibility index (Phi) is 6.26. The van der Waals surface area contributed by atoms with E-state index in [1.54, 1.807) is 6.33 Å². The smallest absolute Gasteiger partial charge is 0.163 e. The Hall–Kier alpha value is -3.07. The van der Waals surface area contributed by atoms with E-state index in [1.807, 2.05) is 18.2 Å². The van der Waals surface area contributed by atoms with Gasteiger partial charge in [0.15, 0.2) is 11.6 Å². The number of hydrogen-bond donors (Lipinski definition) is 0. The predicted molar refractivity (Wildman–Crippen MR) is 112 cm³/mol. The molecule has 0 spiro atoms. The lowest BCUT2D eigenvalue weighted by molar-refractivity contribution is 1.000. The Morgan fingerprint density at radius 3 is 2.04 bits per heavy atom. The highest BCUT2D eigenvalue weighted by molar-refractivity contribution is 5.71. The molecular formula is C24H25N3. The molecule has 0 saturated heterocycles. The van der Waals surface area contributed by atoms with Crippen molar-refractivity contribution < 1.29 is 0 Å². The second-order valence-corrected chi connectivity index (χ2v) is 6.80. The van der Waals surface area contributed by atoms with Gasteiger partial charge in [-0.25, -0.2) is 15.0 Å². The van der Waals surface area contributed by atoms with Crippen LogP contribution in [0.25, 0.3) is 17.0 Å². The van der Waals surface area contributed by atoms with Crippen LogP contribution in [-0.2, 0) is 0 Å². The number of aromatic nitrogens is 3. The molecule has 1 aliphatic carbocycles. The molecule has 136 valence electrons. The lowest BCUT2D eigenvalue weighted by Gasteiger charge is -2.08. The van der Waals surface area contributed by atoms with Gasteiger partial charge in [-0.2, -0.15) is 0 Å². The van der Waals surface area contributed by atoms with E-state index in [0.29, 0.717) is 0 Å². The van der Waals surface area contributed by atoms with Crippen molar-refractivity contribution in [3.05, 3.63) is 95.6 Å². The summed E-state index contributed by atoms with van der Waals surface area (Å²) in [5.41, 5.74) is 5.90. The molecule has 0 bridgehead atoms. The zero-order valence-corrected chi connectivity index (χ0v) is 16.2. The third-order valence-corrected chi connectivity index (χ3v) is 4.25. The average Bonchev–Trinajstić information content (AvgIpc) is 2.69. The third kappa shape index (κ3) is 5.45. The minimum absolute atomic E-state index is 0.738. The van der Waals surface area contributed by atoms with Gasteiger partial charge in [-0.3, -0.25) is 0 Å². The summed E-state index contributed by atoms with van der Waals surface area (Å²) < 4.78 is 0. The average molecular weight is 355 g/mol. The first-order valence-electron chi connectivity index (χ1n) is 9.28. The summed E-state index contributed by atoms with van der Waals surface area (Å²) in [6.07, 6.45) is 10.2. The molecule has 1 aromatic heterocycles. The third-order valence-electron chi connectivity index (χ3n) is 4.25. The summed E-state index contributed by atoms with van der Waals surface area (Å²) >= 11 is 0. The number of benzene rings is 2. The number of allylic oxidation sites excluding steroid dienone is 4. The van der Waals surface area contributed by atoms with Crippen LogP contribution in [0.4, 0.5) is 0 Å². The van der Waals surface area contributed by atoms with Gasteiger partial charge in [0, 0.05) is 11.1 Å². The van der Waals surface area contributed by atoms with E-state index in [0.717, 1.165) is 35.6 Å². The molecule has 0 amide bonds. The van der Waals surface area contributed by atoms with Crippen LogP contribution in [-0.4, -0.2) is 15.0 Å². The van der Waals surface area contributed by atoms with Crippen LogP contribution in [0.1, 0.15) is 35.4 Å². The SMILES string of the molecule is Cc1cc(C)cc(-c2ncnc(C3=CCCC=C3)n2)c1.Cc1ccccc1. The Labute approximate surface area is 161 Å². The van der Waals surface area contributed by atoms with Crippen molar-refractivity contribution in [2.24, 2.45) is 0 Å². The van der Waals surface area contributed by atoms with Crippen LogP contribution in [0.5, 0.6) is 0 Å². The molecule has 0 N–H and O–H groups in total. The Balaban J connectivity index is 0.000000253. The molecule has 1 heterocycles. The van der Waals surface area contributed by atoms with E-state index in [4.69, 9.17) is 0 Å². The van der Waals surface area contributed by atoms with Gasteiger partial charge in [0.25, 0.3) is 0 Å². The van der Waals surface area contributed by atoms with E-state index < -0.39 is 0 Å². The van der Waals surface area contributed by atoms with E-state index in [1.165, 1.54) is 16.7 Å². The lowest BCUT2D eigenvalue weighted by atomic mass is 10.1. The predicted octanol–water partition coefficient (Wildman–Crippen LogP) is 5.88. The molecule has 3 aromatic rings. The van der Waals surface area contributed by atoms with E-state index in [-0.39, 0.29) is 0 Å². The fourth-order valence-corrected chi connectivity index (χ4v) is 2.99. The Bertz CT molecular complexity index is 936. The first-order valence-corrected chi connectivity index (χ1v) is 9.28. The molecule has 0 atom stereocenters. The summed E-state index contributed by atoms with van der Waals surface area (Å²) in [4.78, 5) is 13.2. The zero-order valence-electron chi connectivity index (χ0n) is 16.2. The molecule has 2 aromatic carbocycles. The van der Waals surface area contributed by atoms with Crippen LogP contribution in [0, 0.1) is 20.8 Å². The maximum atomic E-state index is 4.61. The van der Waals surface area contributed by atoms with Crippen LogP contribution in [0.2, 0.25) is 0 Å². The fraction of sp³-hybridized carbons (Fsp3) is 0.208. The first kappa shape index (κ1) is 18.7. The molecule has 0 unspecified atom stereocenters. The Morgan fingerprint density at radius 1 is 0.741 bits per heavy atom. The van der Waals surface area contributed by atoms with Gasteiger partial charge in [0.2, 0.25) is 0 Å². The van der Waals surface area contributed by atoms with Gasteiger partial charge in [0.1, 0.15) is 6.33 Å². The molecule has 0 aliphatic heterocycles. The topological polar surface area (TPSA) is 38.7 Å². The highest BCUT2D eigenvalue weighted by Crippen LogP contribution is 2.22. The van der Waals surface area contributed by atoms with Gasteiger partial charge in [0.05, 0.1) is 0 Å². The van der Waals surface area contributed by atoms with Crippen LogP contribution < -0.4 is 0 Å². The van der Waals surface area contributed by atoms with Gasteiger partial charge in [-0.15, -0.1) is 0 Å². The minimum Gasteiger partial charge on any atom is -0.217 e. The number of hydrogen-bond acceptors (Lipinski definition) is 3. The largest absolute Gasteiger partial charge is 0.217 e. The van der Waals surface area contributed by atoms with Crippen molar-refractivity contribution >= 4 is 5.57 Å².